The molecule has 20 heavy (non-hydrogen) atoms. The Hall–Kier alpha value is -1.51. The van der Waals surface area contributed by atoms with E-state index in [1.807, 2.05) is 6.07 Å². The molecule has 2 N–H and O–H groups in total. The molecule has 110 valence electrons. The first-order chi connectivity index (χ1) is 9.60. The van der Waals surface area contributed by atoms with Gasteiger partial charge in [-0.25, -0.2) is 0 Å². The van der Waals surface area contributed by atoms with Gasteiger partial charge >= 0.3 is 0 Å². The van der Waals surface area contributed by atoms with Crippen molar-refractivity contribution in [2.45, 2.75) is 58.5 Å². The lowest BCUT2D eigenvalue weighted by atomic mass is 9.96. The van der Waals surface area contributed by atoms with Crippen LogP contribution in [0.5, 0.6) is 0 Å². The van der Waals surface area contributed by atoms with Crippen molar-refractivity contribution < 1.29 is 4.79 Å². The lowest BCUT2D eigenvalue weighted by Gasteiger charge is -2.28. The number of para-hydroxylation sites is 1. The van der Waals surface area contributed by atoms with E-state index >= 15 is 0 Å². The second-order valence-corrected chi connectivity index (χ2v) is 6.05. The van der Waals surface area contributed by atoms with Crippen molar-refractivity contribution in [1.29, 1.82) is 0 Å². The number of rotatable bonds is 5. The molecule has 1 aliphatic rings. The van der Waals surface area contributed by atoms with E-state index in [9.17, 15) is 4.79 Å². The van der Waals surface area contributed by atoms with E-state index < -0.39 is 0 Å². The smallest absolute Gasteiger partial charge is 0.242 e. The van der Waals surface area contributed by atoms with Gasteiger partial charge in [0.05, 0.1) is 0 Å². The predicted octanol–water partition coefficient (Wildman–Crippen LogP) is 3.35. The molecule has 3 atom stereocenters. The molecule has 0 spiro atoms. The summed E-state index contributed by atoms with van der Waals surface area (Å²) in [4.78, 5) is 12.3. The highest BCUT2D eigenvalue weighted by Crippen LogP contribution is 2.24. The number of nitrogens with one attached hydrogen (secondary N) is 2. The minimum atomic E-state index is -0.0933. The fourth-order valence-corrected chi connectivity index (χ4v) is 2.81. The first kappa shape index (κ1) is 14.9. The summed E-state index contributed by atoms with van der Waals surface area (Å²) < 4.78 is 0. The highest BCUT2D eigenvalue weighted by Gasteiger charge is 2.24. The van der Waals surface area contributed by atoms with Crippen LogP contribution in [0.2, 0.25) is 0 Å². The molecule has 3 nitrogen and oxygen atoms in total. The van der Waals surface area contributed by atoms with E-state index in [0.717, 1.165) is 31.4 Å². The molecule has 1 amide bonds. The number of hydrogen-bond donors (Lipinski definition) is 2. The predicted molar refractivity (Wildman–Crippen MR) is 83.9 cm³/mol. The monoisotopic (exact) mass is 274 g/mol. The van der Waals surface area contributed by atoms with Crippen LogP contribution >= 0.6 is 0 Å². The summed E-state index contributed by atoms with van der Waals surface area (Å²) in [5, 5.41) is 6.50. The number of carbonyl (C=O) groups excluding carboxylic acids is 1. The number of benzene rings is 1. The Morgan fingerprint density at radius 2 is 2.15 bits per heavy atom. The lowest BCUT2D eigenvalue weighted by molar-refractivity contribution is -0.122. The number of aryl methyl sites for hydroxylation is 1. The molecule has 0 aromatic heterocycles. The van der Waals surface area contributed by atoms with Gasteiger partial charge in [0.15, 0.2) is 0 Å². The minimum absolute atomic E-state index is 0.0933. The van der Waals surface area contributed by atoms with E-state index in [4.69, 9.17) is 0 Å². The Labute approximate surface area is 122 Å². The molecule has 3 heteroatoms. The fraction of sp³-hybridized carbons (Fsp3) is 0.588. The van der Waals surface area contributed by atoms with Gasteiger partial charge < -0.3 is 10.6 Å². The van der Waals surface area contributed by atoms with E-state index in [1.165, 1.54) is 5.56 Å². The van der Waals surface area contributed by atoms with Gasteiger partial charge in [-0.3, -0.25) is 4.79 Å². The number of amides is 1. The maximum absolute atomic E-state index is 12.3. The van der Waals surface area contributed by atoms with Crippen molar-refractivity contribution >= 4 is 11.6 Å². The summed E-state index contributed by atoms with van der Waals surface area (Å²) in [5.74, 6) is 0.792. The Bertz CT molecular complexity index is 458. The molecule has 0 radical (unpaired) electrons. The first-order valence-corrected chi connectivity index (χ1v) is 7.75. The molecule has 0 saturated heterocycles. The molecule has 0 bridgehead atoms. The number of hydrogen-bond acceptors (Lipinski definition) is 2. The topological polar surface area (TPSA) is 41.1 Å². The normalized spacial score (nSPS) is 20.4. The van der Waals surface area contributed by atoms with Gasteiger partial charge in [-0.15, -0.1) is 0 Å². The Balaban J connectivity index is 1.88. The van der Waals surface area contributed by atoms with Crippen LogP contribution in [0.25, 0.3) is 0 Å². The average molecular weight is 274 g/mol. The van der Waals surface area contributed by atoms with Crippen molar-refractivity contribution in [3.8, 4) is 0 Å². The van der Waals surface area contributed by atoms with Crippen LogP contribution in [0.1, 0.15) is 45.6 Å². The van der Waals surface area contributed by atoms with Crippen LogP contribution in [0.3, 0.4) is 0 Å². The van der Waals surface area contributed by atoms with Crippen molar-refractivity contribution in [3.05, 3.63) is 29.8 Å². The van der Waals surface area contributed by atoms with E-state index in [-0.39, 0.29) is 18.0 Å². The van der Waals surface area contributed by atoms with Crippen molar-refractivity contribution in [1.82, 2.24) is 5.32 Å². The standard InChI is InChI=1S/C17H26N2O/c1-4-12(2)11-13(3)18-17(20)16-10-9-14-7-5-6-8-15(14)19-16/h5-8,12-13,16,19H,4,9-11H2,1-3H3,(H,18,20). The van der Waals surface area contributed by atoms with Crippen LogP contribution in [-0.2, 0) is 11.2 Å². The zero-order valence-corrected chi connectivity index (χ0v) is 12.8. The van der Waals surface area contributed by atoms with Gasteiger partial charge in [0.2, 0.25) is 5.91 Å². The quantitative estimate of drug-likeness (QED) is 0.864. The summed E-state index contributed by atoms with van der Waals surface area (Å²) in [6, 6.07) is 8.40. The number of carbonyl (C=O) groups is 1. The Morgan fingerprint density at radius 3 is 2.90 bits per heavy atom. The van der Waals surface area contributed by atoms with Crippen LogP contribution in [0.15, 0.2) is 24.3 Å². The zero-order chi connectivity index (χ0) is 14.5. The Morgan fingerprint density at radius 1 is 1.40 bits per heavy atom. The second-order valence-electron chi connectivity index (χ2n) is 6.05. The van der Waals surface area contributed by atoms with Gasteiger partial charge in [-0.2, -0.15) is 0 Å². The zero-order valence-electron chi connectivity index (χ0n) is 12.8. The SMILES string of the molecule is CCC(C)CC(C)NC(=O)C1CCc2ccccc2N1. The van der Waals surface area contributed by atoms with Crippen molar-refractivity contribution in [2.24, 2.45) is 5.92 Å². The molecule has 0 aliphatic carbocycles. The van der Waals surface area contributed by atoms with Gasteiger partial charge in [-0.05, 0) is 43.7 Å². The summed E-state index contributed by atoms with van der Waals surface area (Å²) in [6.45, 7) is 6.53. The van der Waals surface area contributed by atoms with Crippen LogP contribution in [0, 0.1) is 5.92 Å². The number of fused-ring (bicyclic) bond motifs is 1. The fourth-order valence-electron chi connectivity index (χ4n) is 2.81. The third-order valence-corrected chi connectivity index (χ3v) is 4.21. The molecule has 0 fully saturated rings. The summed E-state index contributed by atoms with van der Waals surface area (Å²) in [5.41, 5.74) is 2.41. The molecular weight excluding hydrogens is 248 g/mol. The average Bonchev–Trinajstić information content (AvgIpc) is 2.46. The third-order valence-electron chi connectivity index (χ3n) is 4.21. The van der Waals surface area contributed by atoms with E-state index in [1.54, 1.807) is 0 Å². The summed E-state index contributed by atoms with van der Waals surface area (Å²) in [6.07, 6.45) is 4.06. The van der Waals surface area contributed by atoms with Crippen molar-refractivity contribution in [2.75, 3.05) is 5.32 Å². The van der Waals surface area contributed by atoms with Gasteiger partial charge in [0.25, 0.3) is 0 Å². The van der Waals surface area contributed by atoms with E-state index in [0.29, 0.717) is 5.92 Å². The highest BCUT2D eigenvalue weighted by molar-refractivity contribution is 5.85. The minimum Gasteiger partial charge on any atom is -0.373 e. The maximum atomic E-state index is 12.3. The largest absolute Gasteiger partial charge is 0.373 e. The summed E-state index contributed by atoms with van der Waals surface area (Å²) in [7, 11) is 0. The van der Waals surface area contributed by atoms with Crippen LogP contribution in [0.4, 0.5) is 5.69 Å². The Kier molecular flexibility index (Phi) is 5.05. The number of anilines is 1. The molecule has 1 aromatic carbocycles. The highest BCUT2D eigenvalue weighted by atomic mass is 16.2. The van der Waals surface area contributed by atoms with Crippen LogP contribution in [-0.4, -0.2) is 18.0 Å². The molecule has 1 aliphatic heterocycles. The second kappa shape index (κ2) is 6.78. The molecule has 2 rings (SSSR count). The van der Waals surface area contributed by atoms with Gasteiger partial charge in [-0.1, -0.05) is 38.5 Å². The van der Waals surface area contributed by atoms with E-state index in [2.05, 4.69) is 49.6 Å². The molecular formula is C17H26N2O. The lowest BCUT2D eigenvalue weighted by Crippen LogP contribution is -2.45. The van der Waals surface area contributed by atoms with Gasteiger partial charge in [0, 0.05) is 11.7 Å². The molecule has 1 aromatic rings. The third kappa shape index (κ3) is 3.75. The molecule has 3 unspecified atom stereocenters. The van der Waals surface area contributed by atoms with Crippen LogP contribution < -0.4 is 10.6 Å². The maximum Gasteiger partial charge on any atom is 0.242 e. The first-order valence-electron chi connectivity index (χ1n) is 7.75. The van der Waals surface area contributed by atoms with Gasteiger partial charge in [0.1, 0.15) is 6.04 Å². The summed E-state index contributed by atoms with van der Waals surface area (Å²) >= 11 is 0. The molecule has 0 saturated carbocycles. The van der Waals surface area contributed by atoms with Crippen molar-refractivity contribution in [3.63, 3.8) is 0 Å². The molecule has 1 heterocycles.